The summed E-state index contributed by atoms with van der Waals surface area (Å²) in [6.45, 7) is 6.80. The summed E-state index contributed by atoms with van der Waals surface area (Å²) in [7, 11) is 0. The lowest BCUT2D eigenvalue weighted by atomic mass is 10.2. The Bertz CT molecular complexity index is 505. The van der Waals surface area contributed by atoms with E-state index in [1.807, 2.05) is 37.8 Å². The van der Waals surface area contributed by atoms with Crippen molar-refractivity contribution in [2.45, 2.75) is 33.2 Å². The normalized spacial score (nSPS) is 10.6. The Hall–Kier alpha value is -2.06. The van der Waals surface area contributed by atoms with Crippen LogP contribution in [0.2, 0.25) is 0 Å². The maximum Gasteiger partial charge on any atom is 0.238 e. The van der Waals surface area contributed by atoms with Crippen LogP contribution in [0.15, 0.2) is 18.2 Å². The van der Waals surface area contributed by atoms with Crippen LogP contribution in [0, 0.1) is 18.3 Å². The lowest BCUT2D eigenvalue weighted by Gasteiger charge is -2.24. The number of nitrogens with two attached hydrogens (primary N) is 1. The second kappa shape index (κ2) is 7.51. The molecular formula is C15H22N4O. The largest absolute Gasteiger partial charge is 0.398 e. The average molecular weight is 274 g/mol. The van der Waals surface area contributed by atoms with Gasteiger partial charge in [0.1, 0.15) is 0 Å². The highest BCUT2D eigenvalue weighted by Crippen LogP contribution is 2.16. The van der Waals surface area contributed by atoms with Crippen molar-refractivity contribution in [3.05, 3.63) is 23.8 Å². The lowest BCUT2D eigenvalue weighted by Crippen LogP contribution is -2.38. The molecule has 1 aromatic rings. The van der Waals surface area contributed by atoms with E-state index in [2.05, 4.69) is 11.4 Å². The third-order valence-electron chi connectivity index (χ3n) is 3.15. The van der Waals surface area contributed by atoms with Crippen LogP contribution >= 0.6 is 0 Å². The molecule has 0 unspecified atom stereocenters. The second-order valence-corrected chi connectivity index (χ2v) is 5.09. The molecule has 0 spiro atoms. The molecule has 0 radical (unpaired) electrons. The van der Waals surface area contributed by atoms with Crippen molar-refractivity contribution in [1.29, 1.82) is 5.26 Å². The van der Waals surface area contributed by atoms with Crippen molar-refractivity contribution in [1.82, 2.24) is 4.90 Å². The summed E-state index contributed by atoms with van der Waals surface area (Å²) in [6, 6.07) is 7.78. The number of aryl methyl sites for hydroxylation is 1. The molecule has 0 atom stereocenters. The summed E-state index contributed by atoms with van der Waals surface area (Å²) in [4.78, 5) is 14.0. The van der Waals surface area contributed by atoms with Crippen molar-refractivity contribution >= 4 is 17.3 Å². The first-order chi connectivity index (χ1) is 9.43. The number of carbonyl (C=O) groups is 1. The van der Waals surface area contributed by atoms with Crippen LogP contribution in [-0.2, 0) is 4.79 Å². The fraction of sp³-hybridized carbons (Fsp3) is 0.467. The topological polar surface area (TPSA) is 82.2 Å². The van der Waals surface area contributed by atoms with Crippen LogP contribution in [0.4, 0.5) is 11.4 Å². The zero-order chi connectivity index (χ0) is 15.1. The molecule has 108 valence electrons. The van der Waals surface area contributed by atoms with E-state index in [1.165, 1.54) is 0 Å². The van der Waals surface area contributed by atoms with Gasteiger partial charge in [0.05, 0.1) is 12.6 Å². The Morgan fingerprint density at radius 1 is 1.50 bits per heavy atom. The highest BCUT2D eigenvalue weighted by molar-refractivity contribution is 5.92. The Balaban J connectivity index is 2.61. The number of amides is 1. The van der Waals surface area contributed by atoms with Gasteiger partial charge >= 0.3 is 0 Å². The Kier molecular flexibility index (Phi) is 6.01. The first kappa shape index (κ1) is 16.0. The van der Waals surface area contributed by atoms with E-state index in [0.29, 0.717) is 24.3 Å². The molecule has 0 aliphatic heterocycles. The van der Waals surface area contributed by atoms with Gasteiger partial charge in [0, 0.05) is 30.4 Å². The zero-order valence-corrected chi connectivity index (χ0v) is 12.3. The number of nitrogens with one attached hydrogen (secondary N) is 1. The number of nitrogens with zero attached hydrogens (tertiary/aromatic N) is 2. The van der Waals surface area contributed by atoms with E-state index in [9.17, 15) is 4.79 Å². The summed E-state index contributed by atoms with van der Waals surface area (Å²) >= 11 is 0. The third-order valence-corrected chi connectivity index (χ3v) is 3.15. The number of nitrogen functional groups attached to an aromatic ring is 1. The highest BCUT2D eigenvalue weighted by Gasteiger charge is 2.13. The van der Waals surface area contributed by atoms with Crippen molar-refractivity contribution in [3.8, 4) is 6.07 Å². The quantitative estimate of drug-likeness (QED) is 0.779. The van der Waals surface area contributed by atoms with Gasteiger partial charge in [-0.15, -0.1) is 0 Å². The van der Waals surface area contributed by atoms with Gasteiger partial charge in [-0.25, -0.2) is 0 Å². The van der Waals surface area contributed by atoms with Crippen LogP contribution < -0.4 is 11.1 Å². The predicted molar refractivity (Wildman–Crippen MR) is 81.2 cm³/mol. The molecule has 5 heteroatoms. The fourth-order valence-corrected chi connectivity index (χ4v) is 1.82. The van der Waals surface area contributed by atoms with Crippen LogP contribution in [0.5, 0.6) is 0 Å². The predicted octanol–water partition coefficient (Wildman–Crippen LogP) is 2.14. The second-order valence-electron chi connectivity index (χ2n) is 5.09. The number of rotatable bonds is 6. The molecule has 0 aromatic heterocycles. The molecule has 0 aliphatic carbocycles. The standard InChI is InChI=1S/C15H22N4O/c1-11(2)19(8-4-7-16)10-15(20)18-13-6-5-12(3)14(17)9-13/h5-6,9,11H,4,8,10,17H2,1-3H3,(H,18,20). The molecule has 1 aromatic carbocycles. The van der Waals surface area contributed by atoms with E-state index < -0.39 is 0 Å². The Morgan fingerprint density at radius 3 is 2.75 bits per heavy atom. The minimum Gasteiger partial charge on any atom is -0.398 e. The number of carbonyl (C=O) groups excluding carboxylic acids is 1. The molecule has 1 amide bonds. The number of hydrogen-bond acceptors (Lipinski definition) is 4. The average Bonchev–Trinajstić information content (AvgIpc) is 2.38. The van der Waals surface area contributed by atoms with Gasteiger partial charge in [-0.3, -0.25) is 9.69 Å². The molecule has 0 aliphatic rings. The summed E-state index contributed by atoms with van der Waals surface area (Å²) < 4.78 is 0. The molecule has 0 heterocycles. The molecule has 20 heavy (non-hydrogen) atoms. The smallest absolute Gasteiger partial charge is 0.238 e. The lowest BCUT2D eigenvalue weighted by molar-refractivity contribution is -0.117. The number of hydrogen-bond donors (Lipinski definition) is 2. The van der Waals surface area contributed by atoms with Gasteiger partial charge in [-0.05, 0) is 38.5 Å². The minimum absolute atomic E-state index is 0.0973. The number of nitriles is 1. The van der Waals surface area contributed by atoms with E-state index >= 15 is 0 Å². The van der Waals surface area contributed by atoms with Crippen molar-refractivity contribution < 1.29 is 4.79 Å². The van der Waals surface area contributed by atoms with Crippen molar-refractivity contribution in [3.63, 3.8) is 0 Å². The maximum absolute atomic E-state index is 12.0. The molecule has 0 bridgehead atoms. The van der Waals surface area contributed by atoms with E-state index in [4.69, 9.17) is 11.0 Å². The van der Waals surface area contributed by atoms with Gasteiger partial charge in [-0.1, -0.05) is 6.07 Å². The van der Waals surface area contributed by atoms with Crippen LogP contribution in [0.1, 0.15) is 25.8 Å². The summed E-state index contributed by atoms with van der Waals surface area (Å²) in [5, 5.41) is 11.5. The highest BCUT2D eigenvalue weighted by atomic mass is 16.2. The van der Waals surface area contributed by atoms with Crippen molar-refractivity contribution in [2.24, 2.45) is 0 Å². The first-order valence-corrected chi connectivity index (χ1v) is 6.71. The zero-order valence-electron chi connectivity index (χ0n) is 12.3. The van der Waals surface area contributed by atoms with Gasteiger partial charge in [-0.2, -0.15) is 5.26 Å². The van der Waals surface area contributed by atoms with E-state index in [0.717, 1.165) is 5.56 Å². The molecular weight excluding hydrogens is 252 g/mol. The maximum atomic E-state index is 12.0. The van der Waals surface area contributed by atoms with Crippen LogP contribution in [0.3, 0.4) is 0 Å². The van der Waals surface area contributed by atoms with Crippen LogP contribution in [-0.4, -0.2) is 29.9 Å². The monoisotopic (exact) mass is 274 g/mol. The molecule has 0 saturated heterocycles. The van der Waals surface area contributed by atoms with Gasteiger partial charge < -0.3 is 11.1 Å². The van der Waals surface area contributed by atoms with Gasteiger partial charge in [0.2, 0.25) is 5.91 Å². The summed E-state index contributed by atoms with van der Waals surface area (Å²) in [6.07, 6.45) is 0.420. The van der Waals surface area contributed by atoms with E-state index in [-0.39, 0.29) is 18.5 Å². The first-order valence-electron chi connectivity index (χ1n) is 6.71. The van der Waals surface area contributed by atoms with Crippen molar-refractivity contribution in [2.75, 3.05) is 24.1 Å². The van der Waals surface area contributed by atoms with E-state index in [1.54, 1.807) is 6.07 Å². The molecule has 5 nitrogen and oxygen atoms in total. The molecule has 0 saturated carbocycles. The minimum atomic E-state index is -0.0973. The van der Waals surface area contributed by atoms with Crippen LogP contribution in [0.25, 0.3) is 0 Å². The fourth-order valence-electron chi connectivity index (χ4n) is 1.82. The molecule has 3 N–H and O–H groups in total. The third kappa shape index (κ3) is 4.90. The SMILES string of the molecule is Cc1ccc(NC(=O)CN(CCC#N)C(C)C)cc1N. The molecule has 1 rings (SSSR count). The Labute approximate surface area is 120 Å². The number of benzene rings is 1. The summed E-state index contributed by atoms with van der Waals surface area (Å²) in [5.74, 6) is -0.0973. The van der Waals surface area contributed by atoms with Gasteiger partial charge in [0.25, 0.3) is 0 Å². The molecule has 0 fully saturated rings. The number of anilines is 2. The van der Waals surface area contributed by atoms with Gasteiger partial charge in [0.15, 0.2) is 0 Å². The Morgan fingerprint density at radius 2 is 2.20 bits per heavy atom. The summed E-state index contributed by atoms with van der Waals surface area (Å²) in [5.41, 5.74) is 8.16.